The summed E-state index contributed by atoms with van der Waals surface area (Å²) in [6.45, 7) is 5.53. The SMILES string of the molecule is COC(=O)CCOCCOCCOCCOCCOCCOCCOCCF. The lowest BCUT2D eigenvalue weighted by atomic mass is 10.5. The summed E-state index contributed by atoms with van der Waals surface area (Å²) < 4.78 is 53.0. The second kappa shape index (κ2) is 24.2. The molecule has 0 aromatic heterocycles. The van der Waals surface area contributed by atoms with Crippen molar-refractivity contribution in [3.05, 3.63) is 0 Å². The zero-order valence-electron chi connectivity index (χ0n) is 16.9. The molecule has 0 rings (SSSR count). The summed E-state index contributed by atoms with van der Waals surface area (Å²) in [5.74, 6) is -0.287. The lowest BCUT2D eigenvalue weighted by Crippen LogP contribution is -2.15. The molecule has 0 spiro atoms. The molecule has 0 fully saturated rings. The Hall–Kier alpha value is -0.880. The van der Waals surface area contributed by atoms with Crippen molar-refractivity contribution in [1.29, 1.82) is 0 Å². The van der Waals surface area contributed by atoms with Crippen LogP contribution in [0, 0.1) is 0 Å². The number of hydrogen-bond acceptors (Lipinski definition) is 9. The standard InChI is InChI=1S/C18H35FO9/c1-21-18(20)2-4-22-6-8-24-10-12-26-14-16-28-17-15-27-13-11-25-9-7-23-5-3-19/h2-17H2,1H3. The number of carbonyl (C=O) groups excluding carboxylic acids is 1. The van der Waals surface area contributed by atoms with E-state index in [2.05, 4.69) is 4.74 Å². The second-order valence-electron chi connectivity index (χ2n) is 5.30. The minimum Gasteiger partial charge on any atom is -0.469 e. The predicted octanol–water partition coefficient (Wildman–Crippen LogP) is 0.635. The number of alkyl halides is 1. The molecule has 0 aliphatic carbocycles. The van der Waals surface area contributed by atoms with Crippen molar-refractivity contribution in [1.82, 2.24) is 0 Å². The Labute approximate surface area is 166 Å². The van der Waals surface area contributed by atoms with E-state index < -0.39 is 6.67 Å². The monoisotopic (exact) mass is 414 g/mol. The van der Waals surface area contributed by atoms with Gasteiger partial charge in [-0.25, -0.2) is 4.39 Å². The van der Waals surface area contributed by atoms with Crippen molar-refractivity contribution >= 4 is 5.97 Å². The van der Waals surface area contributed by atoms with Crippen LogP contribution in [0.25, 0.3) is 0 Å². The first-order chi connectivity index (χ1) is 13.8. The fraction of sp³-hybridized carbons (Fsp3) is 0.944. The molecule has 0 radical (unpaired) electrons. The summed E-state index contributed by atoms with van der Waals surface area (Å²) in [6.07, 6.45) is 0.247. The molecule has 0 saturated carbocycles. The van der Waals surface area contributed by atoms with Gasteiger partial charge in [-0.3, -0.25) is 4.79 Å². The Bertz CT molecular complexity index is 321. The number of carbonyl (C=O) groups is 1. The van der Waals surface area contributed by atoms with E-state index in [9.17, 15) is 9.18 Å². The van der Waals surface area contributed by atoms with Gasteiger partial charge in [-0.2, -0.15) is 0 Å². The van der Waals surface area contributed by atoms with Crippen molar-refractivity contribution in [2.45, 2.75) is 6.42 Å². The zero-order valence-corrected chi connectivity index (χ0v) is 16.9. The van der Waals surface area contributed by atoms with Crippen LogP contribution in [0.3, 0.4) is 0 Å². The van der Waals surface area contributed by atoms with Crippen molar-refractivity contribution in [2.75, 3.05) is 106 Å². The Balaban J connectivity index is 3.00. The van der Waals surface area contributed by atoms with E-state index in [0.29, 0.717) is 85.9 Å². The minimum absolute atomic E-state index is 0.114. The first-order valence-electron chi connectivity index (χ1n) is 9.48. The summed E-state index contributed by atoms with van der Waals surface area (Å²) >= 11 is 0. The quantitative estimate of drug-likeness (QED) is 0.176. The minimum atomic E-state index is -0.474. The fourth-order valence-corrected chi connectivity index (χ4v) is 1.73. The van der Waals surface area contributed by atoms with Gasteiger partial charge >= 0.3 is 5.97 Å². The van der Waals surface area contributed by atoms with Gasteiger partial charge in [-0.1, -0.05) is 0 Å². The van der Waals surface area contributed by atoms with E-state index in [1.165, 1.54) is 7.11 Å². The van der Waals surface area contributed by atoms with E-state index in [4.69, 9.17) is 33.2 Å². The molecule has 0 amide bonds. The van der Waals surface area contributed by atoms with Gasteiger partial charge in [-0.05, 0) is 0 Å². The highest BCUT2D eigenvalue weighted by Gasteiger charge is 1.99. The van der Waals surface area contributed by atoms with Crippen LogP contribution in [0.4, 0.5) is 4.39 Å². The molecule has 0 N–H and O–H groups in total. The highest BCUT2D eigenvalue weighted by molar-refractivity contribution is 5.69. The molecular weight excluding hydrogens is 379 g/mol. The van der Waals surface area contributed by atoms with E-state index in [1.54, 1.807) is 0 Å². The van der Waals surface area contributed by atoms with E-state index >= 15 is 0 Å². The highest BCUT2D eigenvalue weighted by atomic mass is 19.1. The van der Waals surface area contributed by atoms with Gasteiger partial charge in [0.2, 0.25) is 0 Å². The molecule has 9 nitrogen and oxygen atoms in total. The number of hydrogen-bond donors (Lipinski definition) is 0. The molecule has 0 aromatic rings. The van der Waals surface area contributed by atoms with Gasteiger partial charge in [0.25, 0.3) is 0 Å². The smallest absolute Gasteiger partial charge is 0.307 e. The van der Waals surface area contributed by atoms with Crippen molar-refractivity contribution in [2.24, 2.45) is 0 Å². The summed E-state index contributed by atoms with van der Waals surface area (Å²) in [4.78, 5) is 10.8. The average Bonchev–Trinajstić information content (AvgIpc) is 2.71. The maximum Gasteiger partial charge on any atom is 0.307 e. The fourth-order valence-electron chi connectivity index (χ4n) is 1.73. The van der Waals surface area contributed by atoms with Crippen LogP contribution in [-0.4, -0.2) is 112 Å². The summed E-state index contributed by atoms with van der Waals surface area (Å²) in [5, 5.41) is 0. The van der Waals surface area contributed by atoms with Gasteiger partial charge in [0.15, 0.2) is 0 Å². The van der Waals surface area contributed by atoms with Crippen LogP contribution in [0.2, 0.25) is 0 Å². The van der Waals surface area contributed by atoms with E-state index in [0.717, 1.165) is 0 Å². The van der Waals surface area contributed by atoms with E-state index in [-0.39, 0.29) is 19.0 Å². The second-order valence-corrected chi connectivity index (χ2v) is 5.30. The predicted molar refractivity (Wildman–Crippen MR) is 98.3 cm³/mol. The number of rotatable bonds is 23. The van der Waals surface area contributed by atoms with Crippen molar-refractivity contribution in [3.63, 3.8) is 0 Å². The molecule has 0 unspecified atom stereocenters. The molecule has 10 heteroatoms. The Morgan fingerprint density at radius 2 is 0.821 bits per heavy atom. The molecule has 0 saturated heterocycles. The number of halogens is 1. The lowest BCUT2D eigenvalue weighted by Gasteiger charge is -2.08. The normalized spacial score (nSPS) is 11.1. The van der Waals surface area contributed by atoms with Crippen molar-refractivity contribution in [3.8, 4) is 0 Å². The molecule has 0 aliphatic rings. The molecule has 0 aliphatic heterocycles. The van der Waals surface area contributed by atoms with Gasteiger partial charge in [0, 0.05) is 0 Å². The zero-order chi connectivity index (χ0) is 20.5. The van der Waals surface area contributed by atoms with Crippen LogP contribution in [-0.2, 0) is 42.7 Å². The third-order valence-corrected chi connectivity index (χ3v) is 3.13. The van der Waals surface area contributed by atoms with Gasteiger partial charge in [0.1, 0.15) is 6.67 Å². The summed E-state index contributed by atoms with van der Waals surface area (Å²) in [7, 11) is 1.35. The molecule has 168 valence electrons. The van der Waals surface area contributed by atoms with Crippen LogP contribution in [0.5, 0.6) is 0 Å². The third kappa shape index (κ3) is 23.2. The molecular formula is C18H35FO9. The Morgan fingerprint density at radius 1 is 0.536 bits per heavy atom. The summed E-state index contributed by atoms with van der Waals surface area (Å²) in [6, 6.07) is 0. The third-order valence-electron chi connectivity index (χ3n) is 3.13. The molecule has 0 heterocycles. The largest absolute Gasteiger partial charge is 0.469 e. The summed E-state index contributed by atoms with van der Waals surface area (Å²) in [5.41, 5.74) is 0. The molecule has 0 atom stereocenters. The molecule has 0 aromatic carbocycles. The maximum atomic E-state index is 11.7. The lowest BCUT2D eigenvalue weighted by molar-refractivity contribution is -0.141. The van der Waals surface area contributed by atoms with Crippen molar-refractivity contribution < 1.29 is 47.1 Å². The van der Waals surface area contributed by atoms with Crippen LogP contribution in [0.1, 0.15) is 6.42 Å². The van der Waals surface area contributed by atoms with Crippen LogP contribution < -0.4 is 0 Å². The number of methoxy groups -OCH3 is 1. The number of esters is 1. The first kappa shape index (κ1) is 27.1. The van der Waals surface area contributed by atoms with Gasteiger partial charge < -0.3 is 37.9 Å². The Kier molecular flexibility index (Phi) is 23.4. The highest BCUT2D eigenvalue weighted by Crippen LogP contribution is 1.88. The van der Waals surface area contributed by atoms with Gasteiger partial charge in [0.05, 0.1) is 106 Å². The number of ether oxygens (including phenoxy) is 8. The maximum absolute atomic E-state index is 11.7. The van der Waals surface area contributed by atoms with Gasteiger partial charge in [-0.15, -0.1) is 0 Å². The Morgan fingerprint density at radius 3 is 1.11 bits per heavy atom. The average molecular weight is 414 g/mol. The molecule has 0 bridgehead atoms. The topological polar surface area (TPSA) is 90.9 Å². The first-order valence-corrected chi connectivity index (χ1v) is 9.48. The van der Waals surface area contributed by atoms with E-state index in [1.807, 2.05) is 0 Å². The van der Waals surface area contributed by atoms with Crippen LogP contribution >= 0.6 is 0 Å². The molecule has 28 heavy (non-hydrogen) atoms. The van der Waals surface area contributed by atoms with Crippen LogP contribution in [0.15, 0.2) is 0 Å².